The van der Waals surface area contributed by atoms with E-state index in [1.807, 2.05) is 12.1 Å². The van der Waals surface area contributed by atoms with Gasteiger partial charge in [-0.2, -0.15) is 0 Å². The van der Waals surface area contributed by atoms with Crippen LogP contribution in [0.25, 0.3) is 60.9 Å². The van der Waals surface area contributed by atoms with Crippen molar-refractivity contribution < 1.29 is 4.42 Å². The Morgan fingerprint density at radius 3 is 1.87 bits per heavy atom. The van der Waals surface area contributed by atoms with E-state index in [9.17, 15) is 0 Å². The Labute approximate surface area is 311 Å². The van der Waals surface area contributed by atoms with Crippen LogP contribution < -0.4 is 4.90 Å². The summed E-state index contributed by atoms with van der Waals surface area (Å²) in [4.78, 5) is 2.47. The molecule has 0 fully saturated rings. The Kier molecular flexibility index (Phi) is 7.33. The molecule has 0 radical (unpaired) electrons. The molecule has 0 unspecified atom stereocenters. The van der Waals surface area contributed by atoms with Crippen LogP contribution in [0.4, 0.5) is 11.4 Å². The van der Waals surface area contributed by atoms with Gasteiger partial charge in [-0.05, 0) is 105 Å². The lowest BCUT2D eigenvalue weighted by Gasteiger charge is -2.31. The van der Waals surface area contributed by atoms with Crippen molar-refractivity contribution in [3.63, 3.8) is 0 Å². The monoisotopic (exact) mass is 681 g/mol. The zero-order valence-electron chi connectivity index (χ0n) is 30.0. The molecule has 53 heavy (non-hydrogen) atoms. The molecule has 0 saturated heterocycles. The molecule has 8 aromatic rings. The number of allylic oxidation sites excluding steroid dienone is 4. The SMILES string of the molecule is CC1(C)c2cc(-c3ccccc3)ccc2-c2ccc(N(C3=CC=C(c4ccccc4)CC3)c3ccc(-c4cccc5c4oc4ccccc45)cc3)cc21. The number of hydrogen-bond donors (Lipinski definition) is 0. The van der Waals surface area contributed by atoms with E-state index >= 15 is 0 Å². The van der Waals surface area contributed by atoms with E-state index in [4.69, 9.17) is 4.42 Å². The van der Waals surface area contributed by atoms with Crippen LogP contribution in [0.5, 0.6) is 0 Å². The maximum atomic E-state index is 6.42. The van der Waals surface area contributed by atoms with Crippen LogP contribution >= 0.6 is 0 Å². The van der Waals surface area contributed by atoms with Crippen LogP contribution in [0.2, 0.25) is 0 Å². The molecule has 0 saturated carbocycles. The van der Waals surface area contributed by atoms with Gasteiger partial charge in [-0.3, -0.25) is 0 Å². The predicted molar refractivity (Wildman–Crippen MR) is 222 cm³/mol. The van der Waals surface area contributed by atoms with E-state index in [-0.39, 0.29) is 5.41 Å². The fraction of sp³-hybridized carbons (Fsp3) is 0.0980. The summed E-state index contributed by atoms with van der Waals surface area (Å²) in [5, 5.41) is 2.30. The minimum atomic E-state index is -0.145. The van der Waals surface area contributed by atoms with Gasteiger partial charge in [0.1, 0.15) is 11.2 Å². The molecule has 0 N–H and O–H groups in total. The third kappa shape index (κ3) is 5.25. The molecule has 2 aliphatic carbocycles. The van der Waals surface area contributed by atoms with Gasteiger partial charge in [0.15, 0.2) is 0 Å². The van der Waals surface area contributed by atoms with Crippen molar-refractivity contribution in [1.82, 2.24) is 0 Å². The molecule has 7 aromatic carbocycles. The van der Waals surface area contributed by atoms with Crippen molar-refractivity contribution in [2.75, 3.05) is 4.90 Å². The van der Waals surface area contributed by atoms with Crippen LogP contribution in [0, 0.1) is 0 Å². The molecule has 254 valence electrons. The van der Waals surface area contributed by atoms with Gasteiger partial charge < -0.3 is 9.32 Å². The highest BCUT2D eigenvalue weighted by molar-refractivity contribution is 6.09. The largest absolute Gasteiger partial charge is 0.455 e. The third-order valence-corrected chi connectivity index (χ3v) is 11.4. The molecular formula is C51H39NO. The predicted octanol–water partition coefficient (Wildman–Crippen LogP) is 14.1. The molecule has 2 nitrogen and oxygen atoms in total. The minimum Gasteiger partial charge on any atom is -0.455 e. The Morgan fingerprint density at radius 1 is 0.472 bits per heavy atom. The summed E-state index contributed by atoms with van der Waals surface area (Å²) in [6.07, 6.45) is 6.58. The number of furan rings is 1. The van der Waals surface area contributed by atoms with Gasteiger partial charge in [0.25, 0.3) is 0 Å². The molecule has 0 bridgehead atoms. The summed E-state index contributed by atoms with van der Waals surface area (Å²) in [7, 11) is 0. The Balaban J connectivity index is 1.07. The minimum absolute atomic E-state index is 0.145. The van der Waals surface area contributed by atoms with E-state index in [0.29, 0.717) is 0 Å². The second-order valence-corrected chi connectivity index (χ2v) is 14.9. The molecule has 0 spiro atoms. The average molecular weight is 682 g/mol. The molecular weight excluding hydrogens is 643 g/mol. The van der Waals surface area contributed by atoms with Gasteiger partial charge in [0, 0.05) is 38.8 Å². The summed E-state index contributed by atoms with van der Waals surface area (Å²) >= 11 is 0. The van der Waals surface area contributed by atoms with Crippen molar-refractivity contribution in [2.24, 2.45) is 0 Å². The van der Waals surface area contributed by atoms with Gasteiger partial charge in [-0.1, -0.05) is 147 Å². The fourth-order valence-corrected chi connectivity index (χ4v) is 8.63. The van der Waals surface area contributed by atoms with Gasteiger partial charge in [0.05, 0.1) is 0 Å². The highest BCUT2D eigenvalue weighted by Crippen LogP contribution is 2.51. The highest BCUT2D eigenvalue weighted by Gasteiger charge is 2.36. The van der Waals surface area contributed by atoms with Gasteiger partial charge >= 0.3 is 0 Å². The van der Waals surface area contributed by atoms with Crippen LogP contribution in [0.15, 0.2) is 186 Å². The summed E-state index contributed by atoms with van der Waals surface area (Å²) in [6, 6.07) is 59.4. The van der Waals surface area contributed by atoms with Crippen molar-refractivity contribution in [2.45, 2.75) is 32.1 Å². The number of fused-ring (bicyclic) bond motifs is 6. The van der Waals surface area contributed by atoms with Crippen molar-refractivity contribution >= 4 is 38.9 Å². The number of anilines is 2. The first-order valence-corrected chi connectivity index (χ1v) is 18.6. The summed E-state index contributed by atoms with van der Waals surface area (Å²) in [5.41, 5.74) is 18.2. The smallest absolute Gasteiger partial charge is 0.143 e. The first-order chi connectivity index (χ1) is 26.0. The average Bonchev–Trinajstić information content (AvgIpc) is 3.71. The van der Waals surface area contributed by atoms with E-state index in [2.05, 4.69) is 183 Å². The van der Waals surface area contributed by atoms with Gasteiger partial charge in [-0.25, -0.2) is 0 Å². The quantitative estimate of drug-likeness (QED) is 0.174. The third-order valence-electron chi connectivity index (χ3n) is 11.4. The Bertz CT molecular complexity index is 2730. The standard InChI is InChI=1S/C51H39NO/c1-51(2)47-32-38(35-14-7-4-8-15-35)24-30-43(47)44-31-29-41(33-48(44)51)52(39-25-20-36(21-26-39)34-12-5-3-6-13-34)40-27-22-37(23-28-40)42-17-11-18-46-45-16-9-10-19-49(45)53-50(42)46/h3-20,22-25,27-33H,21,26H2,1-2H3. The zero-order chi connectivity index (χ0) is 35.5. The topological polar surface area (TPSA) is 16.4 Å². The van der Waals surface area contributed by atoms with Crippen LogP contribution in [-0.2, 0) is 5.41 Å². The number of hydrogen-bond acceptors (Lipinski definition) is 2. The van der Waals surface area contributed by atoms with E-state index < -0.39 is 0 Å². The number of benzene rings is 7. The zero-order valence-corrected chi connectivity index (χ0v) is 30.0. The van der Waals surface area contributed by atoms with Crippen LogP contribution in [0.3, 0.4) is 0 Å². The first-order valence-electron chi connectivity index (χ1n) is 18.6. The highest BCUT2D eigenvalue weighted by atomic mass is 16.3. The van der Waals surface area contributed by atoms with Crippen molar-refractivity contribution in [1.29, 1.82) is 0 Å². The van der Waals surface area contributed by atoms with Crippen molar-refractivity contribution in [3.05, 3.63) is 198 Å². The van der Waals surface area contributed by atoms with Crippen LogP contribution in [0.1, 0.15) is 43.4 Å². The lowest BCUT2D eigenvalue weighted by molar-refractivity contribution is 0.660. The summed E-state index contributed by atoms with van der Waals surface area (Å²) in [6.45, 7) is 4.76. The van der Waals surface area contributed by atoms with E-state index in [1.54, 1.807) is 0 Å². The number of para-hydroxylation sites is 2. The molecule has 2 heteroatoms. The first kappa shape index (κ1) is 31.4. The van der Waals surface area contributed by atoms with E-state index in [0.717, 1.165) is 51.6 Å². The molecule has 1 heterocycles. The molecule has 0 amide bonds. The molecule has 1 aromatic heterocycles. The van der Waals surface area contributed by atoms with Gasteiger partial charge in [-0.15, -0.1) is 0 Å². The maximum absolute atomic E-state index is 6.42. The van der Waals surface area contributed by atoms with Crippen LogP contribution in [-0.4, -0.2) is 0 Å². The lowest BCUT2D eigenvalue weighted by atomic mass is 9.81. The lowest BCUT2D eigenvalue weighted by Crippen LogP contribution is -2.20. The number of rotatable bonds is 6. The summed E-state index contributed by atoms with van der Waals surface area (Å²) < 4.78 is 6.42. The molecule has 10 rings (SSSR count). The van der Waals surface area contributed by atoms with E-state index in [1.165, 1.54) is 55.9 Å². The number of nitrogens with zero attached hydrogens (tertiary/aromatic N) is 1. The molecule has 2 aliphatic rings. The molecule has 0 atom stereocenters. The fourth-order valence-electron chi connectivity index (χ4n) is 8.63. The second-order valence-electron chi connectivity index (χ2n) is 14.9. The van der Waals surface area contributed by atoms with Crippen molar-refractivity contribution in [3.8, 4) is 33.4 Å². The second kappa shape index (κ2) is 12.4. The Hall–Kier alpha value is -6.38. The normalized spacial score (nSPS) is 14.5. The maximum Gasteiger partial charge on any atom is 0.143 e. The summed E-state index contributed by atoms with van der Waals surface area (Å²) in [5.74, 6) is 0. The van der Waals surface area contributed by atoms with Gasteiger partial charge in [0.2, 0.25) is 0 Å². The Morgan fingerprint density at radius 2 is 1.11 bits per heavy atom. The molecule has 0 aliphatic heterocycles.